The molecule has 2 aliphatic rings. The summed E-state index contributed by atoms with van der Waals surface area (Å²) in [7, 11) is 1.87. The molecule has 2 fully saturated rings. The van der Waals surface area contributed by atoms with Gasteiger partial charge in [-0.2, -0.15) is 13.8 Å². The van der Waals surface area contributed by atoms with Crippen molar-refractivity contribution in [3.63, 3.8) is 0 Å². The summed E-state index contributed by atoms with van der Waals surface area (Å²) < 4.78 is 51.9. The minimum Gasteiger partial charge on any atom is -0.432 e. The first-order chi connectivity index (χ1) is 15.9. The molecule has 1 aromatic carbocycles. The quantitative estimate of drug-likeness (QED) is 0.495. The maximum atomic E-state index is 14.6. The predicted octanol–water partition coefficient (Wildman–Crippen LogP) is 3.36. The Morgan fingerprint density at radius 3 is 2.97 bits per heavy atom. The van der Waals surface area contributed by atoms with Crippen molar-refractivity contribution in [2.24, 2.45) is 0 Å². The van der Waals surface area contributed by atoms with E-state index in [2.05, 4.69) is 26.1 Å². The van der Waals surface area contributed by atoms with E-state index in [1.807, 2.05) is 11.9 Å². The number of nitrogens with zero attached hydrogens (tertiary/aromatic N) is 3. The van der Waals surface area contributed by atoms with Gasteiger partial charge in [-0.3, -0.25) is 0 Å². The van der Waals surface area contributed by atoms with E-state index in [0.717, 1.165) is 17.9 Å². The molecule has 3 N–H and O–H groups in total. The fraction of sp³-hybridized carbons (Fsp3) is 0.450. The smallest absolute Gasteiger partial charge is 0.387 e. The van der Waals surface area contributed by atoms with E-state index in [9.17, 15) is 18.0 Å². The standard InChI is InChI=1S/C20H21F3N6O3S/c1-29-6-5-11(10(21)8-29)25-12-4-2-3-9-14(31-19(22)23)16(33-15(9)12)17-27-18(32-28-17)13-7-24-20(30)26-13/h2-4,10-11,13,19,25H,5-8H2,1H3,(H2,24,26,30)/t10-,11+,13+/m0/s1. The number of fused-ring (bicyclic) bond motifs is 1. The molecule has 3 atom stereocenters. The van der Waals surface area contributed by atoms with E-state index in [-0.39, 0.29) is 34.9 Å². The third-order valence-electron chi connectivity index (χ3n) is 5.68. The number of halogens is 3. The maximum Gasteiger partial charge on any atom is 0.387 e. The summed E-state index contributed by atoms with van der Waals surface area (Å²) >= 11 is 1.15. The number of urea groups is 1. The Labute approximate surface area is 190 Å². The first-order valence-electron chi connectivity index (χ1n) is 10.4. The molecule has 33 heavy (non-hydrogen) atoms. The molecule has 4 heterocycles. The number of hydrogen-bond acceptors (Lipinski definition) is 8. The molecule has 176 valence electrons. The van der Waals surface area contributed by atoms with Crippen molar-refractivity contribution in [3.05, 3.63) is 24.1 Å². The largest absolute Gasteiger partial charge is 0.432 e. The molecule has 0 unspecified atom stereocenters. The number of alkyl halides is 3. The summed E-state index contributed by atoms with van der Waals surface area (Å²) in [6, 6.07) is 3.86. The van der Waals surface area contributed by atoms with E-state index >= 15 is 0 Å². The number of benzene rings is 1. The first kappa shape index (κ1) is 21.8. The minimum atomic E-state index is -3.06. The highest BCUT2D eigenvalue weighted by atomic mass is 32.1. The second kappa shape index (κ2) is 8.71. The van der Waals surface area contributed by atoms with Crippen LogP contribution < -0.4 is 20.7 Å². The van der Waals surface area contributed by atoms with Crippen LogP contribution >= 0.6 is 11.3 Å². The van der Waals surface area contributed by atoms with Crippen molar-refractivity contribution < 1.29 is 27.2 Å². The lowest BCUT2D eigenvalue weighted by atomic mass is 10.0. The van der Waals surface area contributed by atoms with Gasteiger partial charge in [0.15, 0.2) is 5.75 Å². The van der Waals surface area contributed by atoms with Gasteiger partial charge >= 0.3 is 12.6 Å². The number of carbonyl (C=O) groups excluding carboxylic acids is 1. The number of anilines is 1. The number of nitrogens with one attached hydrogen (secondary N) is 3. The lowest BCUT2D eigenvalue weighted by Crippen LogP contribution is -2.46. The Morgan fingerprint density at radius 1 is 1.39 bits per heavy atom. The van der Waals surface area contributed by atoms with Gasteiger partial charge in [0.05, 0.1) is 16.4 Å². The molecule has 0 bridgehead atoms. The van der Waals surface area contributed by atoms with Crippen LogP contribution in [0.25, 0.3) is 20.8 Å². The topological polar surface area (TPSA) is 105 Å². The van der Waals surface area contributed by atoms with Gasteiger partial charge in [-0.05, 0) is 25.6 Å². The van der Waals surface area contributed by atoms with E-state index in [0.29, 0.717) is 28.7 Å². The first-order valence-corrected chi connectivity index (χ1v) is 11.2. The maximum absolute atomic E-state index is 14.6. The van der Waals surface area contributed by atoms with Gasteiger partial charge in [0.1, 0.15) is 17.1 Å². The number of aromatic nitrogens is 2. The molecular formula is C20H21F3N6O3S. The molecule has 0 saturated carbocycles. The number of amides is 2. The van der Waals surface area contributed by atoms with Crippen molar-refractivity contribution in [1.82, 2.24) is 25.7 Å². The fourth-order valence-electron chi connectivity index (χ4n) is 4.06. The van der Waals surface area contributed by atoms with Crippen LogP contribution in [0.2, 0.25) is 0 Å². The third-order valence-corrected chi connectivity index (χ3v) is 6.89. The van der Waals surface area contributed by atoms with Crippen LogP contribution in [0.4, 0.5) is 23.7 Å². The normalized spacial score (nSPS) is 23.7. The van der Waals surface area contributed by atoms with Gasteiger partial charge in [-0.1, -0.05) is 11.2 Å². The number of thiophene rings is 1. The van der Waals surface area contributed by atoms with Gasteiger partial charge in [0.25, 0.3) is 5.89 Å². The van der Waals surface area contributed by atoms with Crippen molar-refractivity contribution in [1.29, 1.82) is 0 Å². The summed E-state index contributed by atoms with van der Waals surface area (Å²) in [5.41, 5.74) is 0.621. The lowest BCUT2D eigenvalue weighted by Gasteiger charge is -2.33. The van der Waals surface area contributed by atoms with Crippen LogP contribution in [0.3, 0.4) is 0 Å². The predicted molar refractivity (Wildman–Crippen MR) is 115 cm³/mol. The van der Waals surface area contributed by atoms with E-state index in [1.54, 1.807) is 18.2 Å². The molecule has 2 aromatic heterocycles. The van der Waals surface area contributed by atoms with Gasteiger partial charge in [-0.15, -0.1) is 11.3 Å². The summed E-state index contributed by atoms with van der Waals surface area (Å²) in [5, 5.41) is 12.8. The van der Waals surface area contributed by atoms with Crippen LogP contribution in [0, 0.1) is 0 Å². The van der Waals surface area contributed by atoms with Gasteiger partial charge in [0, 0.05) is 25.0 Å². The Balaban J connectivity index is 1.51. The van der Waals surface area contributed by atoms with Crippen LogP contribution in [0.5, 0.6) is 5.75 Å². The summed E-state index contributed by atoms with van der Waals surface area (Å²) in [5.74, 6) is 0.139. The second-order valence-electron chi connectivity index (χ2n) is 8.00. The zero-order chi connectivity index (χ0) is 23.1. The van der Waals surface area contributed by atoms with Crippen molar-refractivity contribution >= 4 is 33.1 Å². The van der Waals surface area contributed by atoms with E-state index in [1.165, 1.54) is 0 Å². The zero-order valence-electron chi connectivity index (χ0n) is 17.5. The van der Waals surface area contributed by atoms with Crippen molar-refractivity contribution in [3.8, 4) is 16.5 Å². The number of likely N-dealkylation sites (tertiary alicyclic amines) is 1. The van der Waals surface area contributed by atoms with E-state index in [4.69, 9.17) is 9.26 Å². The van der Waals surface area contributed by atoms with Crippen LogP contribution in [-0.4, -0.2) is 66.6 Å². The Bertz CT molecular complexity index is 1170. The molecule has 2 aliphatic heterocycles. The zero-order valence-corrected chi connectivity index (χ0v) is 18.3. The van der Waals surface area contributed by atoms with Gasteiger partial charge < -0.3 is 30.1 Å². The van der Waals surface area contributed by atoms with Crippen LogP contribution in [0.1, 0.15) is 18.4 Å². The molecule has 5 rings (SSSR count). The van der Waals surface area contributed by atoms with Crippen molar-refractivity contribution in [2.75, 3.05) is 32.0 Å². The highest BCUT2D eigenvalue weighted by molar-refractivity contribution is 7.23. The van der Waals surface area contributed by atoms with Crippen molar-refractivity contribution in [2.45, 2.75) is 31.3 Å². The molecule has 13 heteroatoms. The molecule has 3 aromatic rings. The SMILES string of the molecule is CN1CC[C@@H](Nc2cccc3c(OC(F)F)c(-c4noc([C@H]5CNC(=O)N5)n4)sc23)[C@@H](F)C1. The number of carbonyl (C=O) groups is 1. The monoisotopic (exact) mass is 482 g/mol. The Hall–Kier alpha value is -3.06. The Morgan fingerprint density at radius 2 is 2.24 bits per heavy atom. The van der Waals surface area contributed by atoms with Gasteiger partial charge in [0.2, 0.25) is 5.82 Å². The van der Waals surface area contributed by atoms with E-state index < -0.39 is 24.9 Å². The lowest BCUT2D eigenvalue weighted by molar-refractivity contribution is -0.0482. The minimum absolute atomic E-state index is 0.0663. The molecular weight excluding hydrogens is 461 g/mol. The molecule has 0 aliphatic carbocycles. The molecule has 0 spiro atoms. The number of ether oxygens (including phenoxy) is 1. The van der Waals surface area contributed by atoms with Crippen LogP contribution in [0.15, 0.2) is 22.7 Å². The van der Waals surface area contributed by atoms with Gasteiger partial charge in [-0.25, -0.2) is 9.18 Å². The highest BCUT2D eigenvalue weighted by Gasteiger charge is 2.31. The third kappa shape index (κ3) is 4.29. The molecule has 2 amide bonds. The summed E-state index contributed by atoms with van der Waals surface area (Å²) in [4.78, 5) is 17.9. The average Bonchev–Trinajstić information content (AvgIpc) is 3.49. The molecule has 9 nitrogen and oxygen atoms in total. The average molecular weight is 482 g/mol. The molecule has 0 radical (unpaired) electrons. The molecule has 2 saturated heterocycles. The Kier molecular flexibility index (Phi) is 5.74. The summed E-state index contributed by atoms with van der Waals surface area (Å²) in [6.07, 6.45) is -0.451. The highest BCUT2D eigenvalue weighted by Crippen LogP contribution is 2.47. The number of piperidine rings is 1. The van der Waals surface area contributed by atoms with Crippen LogP contribution in [-0.2, 0) is 0 Å². The number of hydrogen-bond donors (Lipinski definition) is 3. The second-order valence-corrected chi connectivity index (χ2v) is 9.02. The fourth-order valence-corrected chi connectivity index (χ4v) is 5.19. The number of rotatable bonds is 6. The summed E-state index contributed by atoms with van der Waals surface area (Å²) in [6.45, 7) is -1.72.